The van der Waals surface area contributed by atoms with Gasteiger partial charge in [0.2, 0.25) is 0 Å². The second-order valence-electron chi connectivity index (χ2n) is 9.69. The molecule has 0 atom stereocenters. The van der Waals surface area contributed by atoms with Crippen molar-refractivity contribution in [2.45, 2.75) is 58.7 Å². The number of fused-ring (bicyclic) bond motifs is 3. The predicted octanol–water partition coefficient (Wildman–Crippen LogP) is 4.41. The molecule has 1 fully saturated rings. The van der Waals surface area contributed by atoms with Crippen LogP contribution in [0.3, 0.4) is 0 Å². The standard InChI is InChI=1S/C25H28ClN5O4/c1-14-20(26)15(2)31-22(27-14)18-13-30(25(3,4)21(18)28-31)23(32)17-7-5-6-8-19(17)35-16-9-11-29(12-10-16)24(33)34/h5-8,16H,9-13H2,1-4H3,(H,33,34). The number of likely N-dealkylation sites (tertiary alicyclic amines) is 1. The molecule has 2 aliphatic heterocycles. The number of para-hydroxylation sites is 1. The van der Waals surface area contributed by atoms with Crippen LogP contribution >= 0.6 is 11.6 Å². The molecule has 3 aromatic rings. The number of ether oxygens (including phenoxy) is 1. The van der Waals surface area contributed by atoms with E-state index in [9.17, 15) is 14.7 Å². The minimum atomic E-state index is -0.914. The second kappa shape index (κ2) is 8.41. The van der Waals surface area contributed by atoms with Gasteiger partial charge >= 0.3 is 6.09 Å². The summed E-state index contributed by atoms with van der Waals surface area (Å²) in [4.78, 5) is 32.9. The maximum atomic E-state index is 13.8. The van der Waals surface area contributed by atoms with Crippen LogP contribution in [0.15, 0.2) is 24.3 Å². The van der Waals surface area contributed by atoms with E-state index in [1.807, 2.05) is 39.8 Å². The van der Waals surface area contributed by atoms with Crippen LogP contribution in [-0.4, -0.2) is 60.7 Å². The molecule has 5 rings (SSSR count). The molecule has 2 aromatic heterocycles. The highest BCUT2D eigenvalue weighted by Crippen LogP contribution is 2.42. The molecular formula is C25H28ClN5O4. The molecule has 1 saturated heterocycles. The first-order chi connectivity index (χ1) is 16.6. The summed E-state index contributed by atoms with van der Waals surface area (Å²) in [7, 11) is 0. The fourth-order valence-corrected chi connectivity index (χ4v) is 5.16. The van der Waals surface area contributed by atoms with Gasteiger partial charge in [-0.3, -0.25) is 4.79 Å². The van der Waals surface area contributed by atoms with Crippen LogP contribution < -0.4 is 4.74 Å². The number of amides is 2. The van der Waals surface area contributed by atoms with Crippen LogP contribution in [0, 0.1) is 13.8 Å². The van der Waals surface area contributed by atoms with Crippen molar-refractivity contribution in [1.82, 2.24) is 24.4 Å². The molecule has 1 aromatic carbocycles. The van der Waals surface area contributed by atoms with E-state index in [2.05, 4.69) is 4.98 Å². The van der Waals surface area contributed by atoms with Crippen molar-refractivity contribution in [2.24, 2.45) is 0 Å². The number of aromatic nitrogens is 3. The Kier molecular flexibility index (Phi) is 5.62. The highest BCUT2D eigenvalue weighted by atomic mass is 35.5. The van der Waals surface area contributed by atoms with E-state index >= 15 is 0 Å². The van der Waals surface area contributed by atoms with Gasteiger partial charge in [0.1, 0.15) is 11.9 Å². The van der Waals surface area contributed by atoms with E-state index in [1.54, 1.807) is 21.5 Å². The summed E-state index contributed by atoms with van der Waals surface area (Å²) in [6, 6.07) is 7.24. The Morgan fingerprint density at radius 1 is 1.17 bits per heavy atom. The number of rotatable bonds is 3. The lowest BCUT2D eigenvalue weighted by Crippen LogP contribution is -2.42. The second-order valence-corrected chi connectivity index (χ2v) is 10.1. The van der Waals surface area contributed by atoms with E-state index in [-0.39, 0.29) is 12.0 Å². The molecule has 0 spiro atoms. The molecule has 35 heavy (non-hydrogen) atoms. The highest BCUT2D eigenvalue weighted by Gasteiger charge is 2.45. The maximum Gasteiger partial charge on any atom is 0.407 e. The summed E-state index contributed by atoms with van der Waals surface area (Å²) >= 11 is 6.40. The molecule has 1 N–H and O–H groups in total. The third-order valence-corrected chi connectivity index (χ3v) is 7.67. The number of carboxylic acid groups (broad SMARTS) is 1. The molecule has 10 heteroatoms. The van der Waals surface area contributed by atoms with Crippen molar-refractivity contribution < 1.29 is 19.4 Å². The van der Waals surface area contributed by atoms with Gasteiger partial charge in [0.05, 0.1) is 39.8 Å². The molecule has 0 unspecified atom stereocenters. The maximum absolute atomic E-state index is 13.8. The first kappa shape index (κ1) is 23.4. The Morgan fingerprint density at radius 3 is 2.54 bits per heavy atom. The number of carbonyl (C=O) groups excluding carboxylic acids is 1. The zero-order valence-corrected chi connectivity index (χ0v) is 21.0. The fraction of sp³-hybridized carbons (Fsp3) is 0.440. The van der Waals surface area contributed by atoms with Gasteiger partial charge in [-0.05, 0) is 39.8 Å². The lowest BCUT2D eigenvalue weighted by molar-refractivity contribution is 0.0554. The monoisotopic (exact) mass is 497 g/mol. The zero-order chi connectivity index (χ0) is 25.1. The Morgan fingerprint density at radius 2 is 1.86 bits per heavy atom. The van der Waals surface area contributed by atoms with Gasteiger partial charge in [0.15, 0.2) is 5.65 Å². The van der Waals surface area contributed by atoms with E-state index in [4.69, 9.17) is 21.4 Å². The average Bonchev–Trinajstić information content (AvgIpc) is 3.32. The lowest BCUT2D eigenvalue weighted by Gasteiger charge is -2.33. The van der Waals surface area contributed by atoms with Gasteiger partial charge in [-0.25, -0.2) is 14.3 Å². The summed E-state index contributed by atoms with van der Waals surface area (Å²) in [5, 5.41) is 14.6. The molecule has 2 amide bonds. The van der Waals surface area contributed by atoms with E-state index in [0.717, 1.165) is 28.3 Å². The van der Waals surface area contributed by atoms with Gasteiger partial charge in [0.25, 0.3) is 5.91 Å². The van der Waals surface area contributed by atoms with Gasteiger partial charge in [-0.2, -0.15) is 5.10 Å². The highest BCUT2D eigenvalue weighted by molar-refractivity contribution is 6.31. The van der Waals surface area contributed by atoms with Crippen LogP contribution in [0.5, 0.6) is 5.75 Å². The first-order valence-corrected chi connectivity index (χ1v) is 12.1. The molecule has 0 saturated carbocycles. The molecule has 2 aliphatic rings. The van der Waals surface area contributed by atoms with Crippen LogP contribution in [0.25, 0.3) is 5.65 Å². The Labute approximate surface area is 208 Å². The average molecular weight is 498 g/mol. The van der Waals surface area contributed by atoms with Gasteiger partial charge in [0, 0.05) is 31.5 Å². The number of halogens is 1. The van der Waals surface area contributed by atoms with E-state index in [0.29, 0.717) is 48.8 Å². The summed E-state index contributed by atoms with van der Waals surface area (Å²) in [5.74, 6) is 0.365. The Balaban J connectivity index is 1.42. The topological polar surface area (TPSA) is 100 Å². The number of hydrogen-bond donors (Lipinski definition) is 1. The van der Waals surface area contributed by atoms with Crippen LogP contribution in [0.4, 0.5) is 4.79 Å². The largest absolute Gasteiger partial charge is 0.489 e. The molecule has 9 nitrogen and oxygen atoms in total. The van der Waals surface area contributed by atoms with Crippen molar-refractivity contribution in [3.63, 3.8) is 0 Å². The number of carbonyl (C=O) groups is 2. The van der Waals surface area contributed by atoms with Crippen LogP contribution in [-0.2, 0) is 12.1 Å². The molecule has 4 heterocycles. The Bertz CT molecular complexity index is 1340. The summed E-state index contributed by atoms with van der Waals surface area (Å²) in [5.41, 5.74) is 3.82. The number of aryl methyl sites for hydroxylation is 2. The summed E-state index contributed by atoms with van der Waals surface area (Å²) in [6.45, 7) is 8.96. The number of piperidine rings is 1. The number of benzene rings is 1. The lowest BCUT2D eigenvalue weighted by atomic mass is 10.00. The number of hydrogen-bond acceptors (Lipinski definition) is 5. The molecule has 184 valence electrons. The molecule has 0 radical (unpaired) electrons. The SMILES string of the molecule is Cc1nc2c3c(nn2c(C)c1Cl)C(C)(C)N(C(=O)c1ccccc1OC1CCN(C(=O)O)CC1)C3. The molecule has 0 aliphatic carbocycles. The van der Waals surface area contributed by atoms with Crippen LogP contribution in [0.1, 0.15) is 59.7 Å². The van der Waals surface area contributed by atoms with Gasteiger partial charge in [-0.15, -0.1) is 0 Å². The summed E-state index contributed by atoms with van der Waals surface area (Å²) in [6.07, 6.45) is 0.106. The minimum Gasteiger partial charge on any atom is -0.489 e. The van der Waals surface area contributed by atoms with E-state index < -0.39 is 11.6 Å². The molecular weight excluding hydrogens is 470 g/mol. The number of nitrogens with zero attached hydrogens (tertiary/aromatic N) is 5. The van der Waals surface area contributed by atoms with Crippen molar-refractivity contribution in [2.75, 3.05) is 13.1 Å². The normalized spacial score (nSPS) is 17.6. The third kappa shape index (κ3) is 3.78. The van der Waals surface area contributed by atoms with Crippen molar-refractivity contribution in [3.8, 4) is 5.75 Å². The zero-order valence-electron chi connectivity index (χ0n) is 20.2. The predicted molar refractivity (Wildman–Crippen MR) is 130 cm³/mol. The third-order valence-electron chi connectivity index (χ3n) is 7.12. The Hall–Kier alpha value is -3.33. The smallest absolute Gasteiger partial charge is 0.407 e. The quantitative estimate of drug-likeness (QED) is 0.575. The van der Waals surface area contributed by atoms with Crippen LogP contribution in [0.2, 0.25) is 5.02 Å². The van der Waals surface area contributed by atoms with Gasteiger partial charge < -0.3 is 19.6 Å². The summed E-state index contributed by atoms with van der Waals surface area (Å²) < 4.78 is 7.99. The minimum absolute atomic E-state index is 0.146. The molecule has 0 bridgehead atoms. The van der Waals surface area contributed by atoms with Gasteiger partial charge in [-0.1, -0.05) is 23.7 Å². The van der Waals surface area contributed by atoms with E-state index in [1.165, 1.54) is 4.90 Å². The fourth-order valence-electron chi connectivity index (χ4n) is 5.04. The van der Waals surface area contributed by atoms with Crippen molar-refractivity contribution >= 4 is 29.2 Å². The first-order valence-electron chi connectivity index (χ1n) is 11.7. The van der Waals surface area contributed by atoms with Crippen molar-refractivity contribution in [1.29, 1.82) is 0 Å². The van der Waals surface area contributed by atoms with Crippen molar-refractivity contribution in [3.05, 3.63) is 57.5 Å².